The molecule has 0 radical (unpaired) electrons. The van der Waals surface area contributed by atoms with Gasteiger partial charge in [0.2, 0.25) is 0 Å². The third-order valence-electron chi connectivity index (χ3n) is 1.86. The number of hydrogen-bond donors (Lipinski definition) is 0. The van der Waals surface area contributed by atoms with Crippen LogP contribution in [0.25, 0.3) is 0 Å². The van der Waals surface area contributed by atoms with Gasteiger partial charge in [0.25, 0.3) is 0 Å². The number of benzene rings is 1. The lowest BCUT2D eigenvalue weighted by molar-refractivity contribution is 0.507. The summed E-state index contributed by atoms with van der Waals surface area (Å²) < 4.78 is 25.2. The predicted octanol–water partition coefficient (Wildman–Crippen LogP) is 3.47. The Bertz CT molecular complexity index is 292. The van der Waals surface area contributed by atoms with Crippen LogP contribution in [0.5, 0.6) is 0 Å². The minimum atomic E-state index is -0.785. The molecule has 0 aliphatic heterocycles. The van der Waals surface area contributed by atoms with Crippen LogP contribution in [-0.4, -0.2) is 0 Å². The van der Waals surface area contributed by atoms with Gasteiger partial charge in [-0.15, -0.1) is 6.58 Å². The number of aryl methyl sites for hydroxylation is 1. The molecule has 0 nitrogen and oxygen atoms in total. The molecule has 0 aliphatic carbocycles. The molecule has 0 spiro atoms. The summed E-state index contributed by atoms with van der Waals surface area (Å²) in [7, 11) is 0. The maximum absolute atomic E-state index is 12.7. The highest BCUT2D eigenvalue weighted by molar-refractivity contribution is 5.17. The topological polar surface area (TPSA) is 0 Å². The first-order chi connectivity index (χ1) is 6.24. The molecule has 0 aromatic heterocycles. The van der Waals surface area contributed by atoms with Crippen molar-refractivity contribution >= 4 is 0 Å². The molecule has 0 aliphatic rings. The summed E-state index contributed by atoms with van der Waals surface area (Å²) in [6.07, 6.45) is 4.41. The first-order valence-electron chi connectivity index (χ1n) is 4.29. The highest BCUT2D eigenvalue weighted by atomic mass is 19.2. The van der Waals surface area contributed by atoms with E-state index in [2.05, 4.69) is 6.58 Å². The summed E-state index contributed by atoms with van der Waals surface area (Å²) in [5.74, 6) is -1.55. The van der Waals surface area contributed by atoms with E-state index in [1.54, 1.807) is 6.07 Å². The standard InChI is InChI=1S/C11H12F2/c1-2-3-4-5-9-6-7-10(12)11(13)8-9/h2,6-8H,1,3-5H2. The monoisotopic (exact) mass is 182 g/mol. The van der Waals surface area contributed by atoms with Crippen molar-refractivity contribution in [1.82, 2.24) is 0 Å². The molecule has 1 aromatic carbocycles. The van der Waals surface area contributed by atoms with E-state index in [9.17, 15) is 8.78 Å². The predicted molar refractivity (Wildman–Crippen MR) is 49.5 cm³/mol. The van der Waals surface area contributed by atoms with Crippen LogP contribution in [0, 0.1) is 11.6 Å². The van der Waals surface area contributed by atoms with Crippen LogP contribution in [0.15, 0.2) is 30.9 Å². The number of hydrogen-bond acceptors (Lipinski definition) is 0. The molecule has 13 heavy (non-hydrogen) atoms. The average molecular weight is 182 g/mol. The molecule has 0 fully saturated rings. The molecule has 0 heterocycles. The van der Waals surface area contributed by atoms with Crippen LogP contribution in [0.1, 0.15) is 18.4 Å². The van der Waals surface area contributed by atoms with Gasteiger partial charge in [0.05, 0.1) is 0 Å². The molecule has 0 unspecified atom stereocenters. The molecule has 0 bridgehead atoms. The Morgan fingerprint density at radius 1 is 1.23 bits per heavy atom. The van der Waals surface area contributed by atoms with E-state index in [0.717, 1.165) is 24.8 Å². The lowest BCUT2D eigenvalue weighted by Gasteiger charge is -1.99. The van der Waals surface area contributed by atoms with E-state index in [1.165, 1.54) is 12.1 Å². The van der Waals surface area contributed by atoms with Crippen molar-refractivity contribution in [2.75, 3.05) is 0 Å². The molecule has 2 heteroatoms. The summed E-state index contributed by atoms with van der Waals surface area (Å²) in [5.41, 5.74) is 0.834. The van der Waals surface area contributed by atoms with E-state index >= 15 is 0 Å². The van der Waals surface area contributed by atoms with Crippen molar-refractivity contribution in [3.05, 3.63) is 48.1 Å². The van der Waals surface area contributed by atoms with E-state index in [-0.39, 0.29) is 0 Å². The van der Waals surface area contributed by atoms with Gasteiger partial charge in [-0.3, -0.25) is 0 Å². The fourth-order valence-corrected chi connectivity index (χ4v) is 1.15. The van der Waals surface area contributed by atoms with Gasteiger partial charge < -0.3 is 0 Å². The Morgan fingerprint density at radius 3 is 2.62 bits per heavy atom. The van der Waals surface area contributed by atoms with Crippen LogP contribution in [0.2, 0.25) is 0 Å². The maximum Gasteiger partial charge on any atom is 0.159 e. The highest BCUT2D eigenvalue weighted by Gasteiger charge is 2.01. The third-order valence-corrected chi connectivity index (χ3v) is 1.86. The van der Waals surface area contributed by atoms with Gasteiger partial charge in [0, 0.05) is 0 Å². The van der Waals surface area contributed by atoms with Crippen molar-refractivity contribution in [3.8, 4) is 0 Å². The van der Waals surface area contributed by atoms with Gasteiger partial charge in [-0.1, -0.05) is 12.1 Å². The molecule has 0 amide bonds. The summed E-state index contributed by atoms with van der Waals surface area (Å²) in [6, 6.07) is 4.03. The van der Waals surface area contributed by atoms with Crippen molar-refractivity contribution in [3.63, 3.8) is 0 Å². The smallest absolute Gasteiger partial charge is 0.159 e. The van der Waals surface area contributed by atoms with Crippen LogP contribution in [0.3, 0.4) is 0 Å². The lowest BCUT2D eigenvalue weighted by Crippen LogP contribution is -1.89. The summed E-state index contributed by atoms with van der Waals surface area (Å²) in [6.45, 7) is 3.59. The zero-order chi connectivity index (χ0) is 9.68. The number of allylic oxidation sites excluding steroid dienone is 1. The number of halogens is 2. The molecule has 0 saturated heterocycles. The quantitative estimate of drug-likeness (QED) is 0.494. The second-order valence-corrected chi connectivity index (χ2v) is 2.93. The van der Waals surface area contributed by atoms with Gasteiger partial charge in [0.15, 0.2) is 11.6 Å². The van der Waals surface area contributed by atoms with E-state index in [4.69, 9.17) is 0 Å². The second kappa shape index (κ2) is 4.75. The zero-order valence-corrected chi connectivity index (χ0v) is 7.39. The minimum absolute atomic E-state index is 0.767. The van der Waals surface area contributed by atoms with Crippen molar-refractivity contribution in [1.29, 1.82) is 0 Å². The Kier molecular flexibility index (Phi) is 3.62. The van der Waals surface area contributed by atoms with Crippen LogP contribution >= 0.6 is 0 Å². The number of unbranched alkanes of at least 4 members (excludes halogenated alkanes) is 1. The molecular weight excluding hydrogens is 170 g/mol. The molecule has 0 N–H and O–H groups in total. The molecule has 70 valence electrons. The lowest BCUT2D eigenvalue weighted by atomic mass is 10.1. The fourth-order valence-electron chi connectivity index (χ4n) is 1.15. The Balaban J connectivity index is 2.57. The van der Waals surface area contributed by atoms with Gasteiger partial charge in [-0.05, 0) is 37.0 Å². The van der Waals surface area contributed by atoms with Gasteiger partial charge in [-0.2, -0.15) is 0 Å². The molecule has 0 atom stereocenters. The Morgan fingerprint density at radius 2 is 2.00 bits per heavy atom. The maximum atomic E-state index is 12.7. The normalized spacial score (nSPS) is 10.0. The SMILES string of the molecule is C=CCCCc1ccc(F)c(F)c1. The molecule has 1 aromatic rings. The van der Waals surface area contributed by atoms with Crippen molar-refractivity contribution in [2.45, 2.75) is 19.3 Å². The van der Waals surface area contributed by atoms with Gasteiger partial charge >= 0.3 is 0 Å². The molecule has 0 saturated carbocycles. The number of rotatable bonds is 4. The van der Waals surface area contributed by atoms with E-state index in [0.29, 0.717) is 0 Å². The Labute approximate surface area is 76.9 Å². The minimum Gasteiger partial charge on any atom is -0.204 e. The van der Waals surface area contributed by atoms with Crippen LogP contribution < -0.4 is 0 Å². The van der Waals surface area contributed by atoms with Crippen LogP contribution in [-0.2, 0) is 6.42 Å². The average Bonchev–Trinajstić information content (AvgIpc) is 2.12. The molecule has 1 rings (SSSR count). The first kappa shape index (κ1) is 9.90. The summed E-state index contributed by atoms with van der Waals surface area (Å²) in [5, 5.41) is 0. The summed E-state index contributed by atoms with van der Waals surface area (Å²) >= 11 is 0. The van der Waals surface area contributed by atoms with Crippen LogP contribution in [0.4, 0.5) is 8.78 Å². The first-order valence-corrected chi connectivity index (χ1v) is 4.29. The summed E-state index contributed by atoms with van der Waals surface area (Å²) in [4.78, 5) is 0. The van der Waals surface area contributed by atoms with Crippen molar-refractivity contribution < 1.29 is 8.78 Å². The zero-order valence-electron chi connectivity index (χ0n) is 7.39. The fraction of sp³-hybridized carbons (Fsp3) is 0.273. The van der Waals surface area contributed by atoms with Gasteiger partial charge in [-0.25, -0.2) is 8.78 Å². The molecular formula is C11H12F2. The van der Waals surface area contributed by atoms with Crippen molar-refractivity contribution in [2.24, 2.45) is 0 Å². The van der Waals surface area contributed by atoms with E-state index < -0.39 is 11.6 Å². The van der Waals surface area contributed by atoms with E-state index in [1.807, 2.05) is 6.08 Å². The second-order valence-electron chi connectivity index (χ2n) is 2.93. The third kappa shape index (κ3) is 2.98. The van der Waals surface area contributed by atoms with Gasteiger partial charge in [0.1, 0.15) is 0 Å². The largest absolute Gasteiger partial charge is 0.204 e. The Hall–Kier alpha value is -1.18. The highest BCUT2D eigenvalue weighted by Crippen LogP contribution is 2.11.